The molecule has 0 aliphatic carbocycles. The molecule has 1 N–H and O–H groups in total. The maximum absolute atomic E-state index is 12.3. The third kappa shape index (κ3) is 4.09. The number of carbonyl (C=O) groups is 2. The third-order valence-corrected chi connectivity index (χ3v) is 4.63. The van der Waals surface area contributed by atoms with Crippen molar-refractivity contribution in [3.8, 4) is 0 Å². The van der Waals surface area contributed by atoms with Gasteiger partial charge in [0.15, 0.2) is 5.58 Å². The number of oxazole rings is 1. The van der Waals surface area contributed by atoms with Gasteiger partial charge in [-0.05, 0) is 50.2 Å². The summed E-state index contributed by atoms with van der Waals surface area (Å²) in [5, 5.41) is 3.16. The monoisotopic (exact) mass is 401 g/mol. The van der Waals surface area contributed by atoms with E-state index in [9.17, 15) is 14.4 Å². The fourth-order valence-electron chi connectivity index (χ4n) is 2.92. The Morgan fingerprint density at radius 2 is 1.79 bits per heavy atom. The van der Waals surface area contributed by atoms with Crippen molar-refractivity contribution in [2.45, 2.75) is 20.4 Å². The normalized spacial score (nSPS) is 10.8. The molecule has 0 fully saturated rings. The molecule has 0 aliphatic heterocycles. The summed E-state index contributed by atoms with van der Waals surface area (Å²) in [6, 6.07) is 11.4. The third-order valence-electron chi connectivity index (χ3n) is 4.40. The predicted molar refractivity (Wildman–Crippen MR) is 108 cm³/mol. The lowest BCUT2D eigenvalue weighted by Crippen LogP contribution is -2.30. The average molecular weight is 402 g/mol. The van der Waals surface area contributed by atoms with Crippen molar-refractivity contribution >= 4 is 40.2 Å². The van der Waals surface area contributed by atoms with Crippen molar-refractivity contribution in [3.63, 3.8) is 0 Å². The molecule has 3 rings (SSSR count). The summed E-state index contributed by atoms with van der Waals surface area (Å²) in [6.45, 7) is 4.91. The van der Waals surface area contributed by atoms with Crippen LogP contribution in [0.15, 0.2) is 51.7 Å². The maximum atomic E-state index is 12.3. The summed E-state index contributed by atoms with van der Waals surface area (Å²) in [4.78, 5) is 38.4. The van der Waals surface area contributed by atoms with Crippen LogP contribution in [0.3, 0.4) is 0 Å². The Kier molecular flexibility index (Phi) is 5.84. The van der Waals surface area contributed by atoms with Crippen molar-refractivity contribution in [1.29, 1.82) is 0 Å². The van der Waals surface area contributed by atoms with Crippen LogP contribution < -0.4 is 11.1 Å². The van der Waals surface area contributed by atoms with Crippen LogP contribution in [-0.2, 0) is 11.3 Å². The minimum atomic E-state index is -0.632. The first-order chi connectivity index (χ1) is 13.4. The van der Waals surface area contributed by atoms with E-state index in [0.717, 1.165) is 0 Å². The van der Waals surface area contributed by atoms with Gasteiger partial charge >= 0.3 is 5.76 Å². The quantitative estimate of drug-likeness (QED) is 0.686. The second-order valence-electron chi connectivity index (χ2n) is 6.17. The van der Waals surface area contributed by atoms with Crippen LogP contribution in [0.5, 0.6) is 0 Å². The number of rotatable bonds is 6. The van der Waals surface area contributed by atoms with Crippen molar-refractivity contribution in [2.75, 3.05) is 18.4 Å². The minimum absolute atomic E-state index is 0.0574. The van der Waals surface area contributed by atoms with E-state index < -0.39 is 5.76 Å². The SMILES string of the molecule is CCN(CC)C(=O)c1ccc(NC(=O)Cn2c(=O)oc3cc(Cl)ccc32)cc1. The highest BCUT2D eigenvalue weighted by Crippen LogP contribution is 2.18. The molecule has 0 saturated carbocycles. The van der Waals surface area contributed by atoms with E-state index in [-0.39, 0.29) is 18.4 Å². The Labute approximate surface area is 166 Å². The molecule has 0 aliphatic rings. The zero-order valence-corrected chi connectivity index (χ0v) is 16.3. The molecule has 0 spiro atoms. The highest BCUT2D eigenvalue weighted by atomic mass is 35.5. The highest BCUT2D eigenvalue weighted by Gasteiger charge is 2.15. The van der Waals surface area contributed by atoms with Crippen LogP contribution >= 0.6 is 11.6 Å². The van der Waals surface area contributed by atoms with Gasteiger partial charge in [-0.3, -0.25) is 14.2 Å². The van der Waals surface area contributed by atoms with Gasteiger partial charge in [0.2, 0.25) is 5.91 Å². The zero-order chi connectivity index (χ0) is 20.3. The molecular formula is C20H20ClN3O4. The van der Waals surface area contributed by atoms with Crippen molar-refractivity contribution in [3.05, 3.63) is 63.6 Å². The molecule has 0 radical (unpaired) electrons. The van der Waals surface area contributed by atoms with Crippen LogP contribution in [-0.4, -0.2) is 34.4 Å². The van der Waals surface area contributed by atoms with E-state index in [4.69, 9.17) is 16.0 Å². The summed E-state index contributed by atoms with van der Waals surface area (Å²) < 4.78 is 6.35. The van der Waals surface area contributed by atoms with E-state index in [1.54, 1.807) is 41.3 Å². The number of anilines is 1. The van der Waals surface area contributed by atoms with Gasteiger partial charge in [-0.25, -0.2) is 4.79 Å². The smallest absolute Gasteiger partial charge is 0.408 e. The van der Waals surface area contributed by atoms with Gasteiger partial charge in [-0.15, -0.1) is 0 Å². The molecule has 0 bridgehead atoms. The van der Waals surface area contributed by atoms with E-state index in [2.05, 4.69) is 5.32 Å². The van der Waals surface area contributed by atoms with E-state index in [0.29, 0.717) is 40.5 Å². The Hall–Kier alpha value is -3.06. The number of hydrogen-bond donors (Lipinski definition) is 1. The van der Waals surface area contributed by atoms with Gasteiger partial charge < -0.3 is 14.6 Å². The summed E-state index contributed by atoms with van der Waals surface area (Å²) >= 11 is 5.89. The molecule has 1 heterocycles. The molecule has 0 atom stereocenters. The molecule has 0 unspecified atom stereocenters. The molecule has 2 aromatic carbocycles. The first kappa shape index (κ1) is 19.7. The Morgan fingerprint density at radius 1 is 1.11 bits per heavy atom. The Morgan fingerprint density at radius 3 is 2.43 bits per heavy atom. The second-order valence-corrected chi connectivity index (χ2v) is 6.61. The number of benzene rings is 2. The molecule has 0 saturated heterocycles. The number of amides is 2. The fraction of sp³-hybridized carbons (Fsp3) is 0.250. The number of nitrogens with zero attached hydrogens (tertiary/aromatic N) is 2. The average Bonchev–Trinajstić information content (AvgIpc) is 2.97. The Bertz CT molecular complexity index is 1070. The van der Waals surface area contributed by atoms with E-state index in [1.165, 1.54) is 10.6 Å². The van der Waals surface area contributed by atoms with Crippen molar-refractivity contribution in [2.24, 2.45) is 0 Å². The number of aromatic nitrogens is 1. The maximum Gasteiger partial charge on any atom is 0.420 e. The lowest BCUT2D eigenvalue weighted by Gasteiger charge is -2.18. The molecule has 28 heavy (non-hydrogen) atoms. The van der Waals surface area contributed by atoms with Gasteiger partial charge in [0, 0.05) is 35.4 Å². The van der Waals surface area contributed by atoms with Crippen LogP contribution in [0.2, 0.25) is 5.02 Å². The van der Waals surface area contributed by atoms with Crippen molar-refractivity contribution < 1.29 is 14.0 Å². The molecule has 8 heteroatoms. The van der Waals surface area contributed by atoms with Gasteiger partial charge in [0.25, 0.3) is 5.91 Å². The Balaban J connectivity index is 1.71. The number of nitrogens with one attached hydrogen (secondary N) is 1. The first-order valence-corrected chi connectivity index (χ1v) is 9.28. The molecule has 3 aromatic rings. The summed E-state index contributed by atoms with van der Waals surface area (Å²) in [5.41, 5.74) is 1.90. The topological polar surface area (TPSA) is 84.5 Å². The molecule has 2 amide bonds. The van der Waals surface area contributed by atoms with Crippen LogP contribution in [0.25, 0.3) is 11.1 Å². The van der Waals surface area contributed by atoms with Crippen LogP contribution in [0, 0.1) is 0 Å². The lowest BCUT2D eigenvalue weighted by atomic mass is 10.1. The number of hydrogen-bond acceptors (Lipinski definition) is 4. The summed E-state index contributed by atoms with van der Waals surface area (Å²) in [7, 11) is 0. The van der Waals surface area contributed by atoms with E-state index >= 15 is 0 Å². The number of fused-ring (bicyclic) bond motifs is 1. The highest BCUT2D eigenvalue weighted by molar-refractivity contribution is 6.31. The molecule has 1 aromatic heterocycles. The van der Waals surface area contributed by atoms with Gasteiger partial charge in [-0.2, -0.15) is 0 Å². The standard InChI is InChI=1S/C20H20ClN3O4/c1-3-23(4-2)19(26)13-5-8-15(9-6-13)22-18(25)12-24-16-10-7-14(21)11-17(16)28-20(24)27/h5-11H,3-4,12H2,1-2H3,(H,22,25). The van der Waals surface area contributed by atoms with Gasteiger partial charge in [0.05, 0.1) is 5.52 Å². The first-order valence-electron chi connectivity index (χ1n) is 8.91. The summed E-state index contributed by atoms with van der Waals surface area (Å²) in [5.74, 6) is -1.08. The number of carbonyl (C=O) groups excluding carboxylic acids is 2. The predicted octanol–water partition coefficient (Wildman–Crippen LogP) is 3.37. The van der Waals surface area contributed by atoms with Gasteiger partial charge in [-0.1, -0.05) is 11.6 Å². The number of halogens is 1. The largest absolute Gasteiger partial charge is 0.420 e. The van der Waals surface area contributed by atoms with E-state index in [1.807, 2.05) is 13.8 Å². The lowest BCUT2D eigenvalue weighted by molar-refractivity contribution is -0.116. The second kappa shape index (κ2) is 8.31. The van der Waals surface area contributed by atoms with Gasteiger partial charge in [0.1, 0.15) is 6.54 Å². The summed E-state index contributed by atoms with van der Waals surface area (Å²) in [6.07, 6.45) is 0. The van der Waals surface area contributed by atoms with Crippen LogP contribution in [0.4, 0.5) is 5.69 Å². The fourth-order valence-corrected chi connectivity index (χ4v) is 3.09. The molecule has 146 valence electrons. The zero-order valence-electron chi connectivity index (χ0n) is 15.6. The van der Waals surface area contributed by atoms with Crippen LogP contribution in [0.1, 0.15) is 24.2 Å². The molecular weight excluding hydrogens is 382 g/mol. The molecule has 7 nitrogen and oxygen atoms in total. The minimum Gasteiger partial charge on any atom is -0.408 e. The van der Waals surface area contributed by atoms with Crippen molar-refractivity contribution in [1.82, 2.24) is 9.47 Å².